The molecule has 0 rings (SSSR count). The molecule has 0 aliphatic rings. The average Bonchev–Trinajstić information content (AvgIpc) is 1.88. The van der Waals surface area contributed by atoms with Crippen LogP contribution in [0.4, 0.5) is 0 Å². The third-order valence-electron chi connectivity index (χ3n) is 1.34. The number of hydroxylamine groups is 1. The van der Waals surface area contributed by atoms with Crippen LogP contribution in [0, 0.1) is 5.41 Å². The van der Waals surface area contributed by atoms with Crippen molar-refractivity contribution in [1.29, 1.82) is 0 Å². The topological polar surface area (TPSA) is 58.6 Å². The zero-order valence-electron chi connectivity index (χ0n) is 7.18. The number of hydrogen-bond acceptors (Lipinski definition) is 3. The molecule has 0 bridgehead atoms. The molecule has 0 aliphatic carbocycles. The maximum atomic E-state index is 10.5. The SMILES string of the molecule is CCONCC(C)(C)C(=O)O. The summed E-state index contributed by atoms with van der Waals surface area (Å²) in [5, 5.41) is 8.65. The maximum absolute atomic E-state index is 10.5. The smallest absolute Gasteiger partial charge is 0.310 e. The van der Waals surface area contributed by atoms with Crippen LogP contribution in [0.2, 0.25) is 0 Å². The predicted octanol–water partition coefficient (Wildman–Crippen LogP) is 0.638. The molecule has 0 fully saturated rings. The molecule has 0 spiro atoms. The Morgan fingerprint density at radius 1 is 1.64 bits per heavy atom. The molecule has 0 atom stereocenters. The van der Waals surface area contributed by atoms with E-state index in [2.05, 4.69) is 5.48 Å². The minimum Gasteiger partial charge on any atom is -0.481 e. The van der Waals surface area contributed by atoms with Crippen molar-refractivity contribution in [2.45, 2.75) is 20.8 Å². The van der Waals surface area contributed by atoms with Crippen LogP contribution in [-0.4, -0.2) is 24.2 Å². The van der Waals surface area contributed by atoms with Gasteiger partial charge >= 0.3 is 5.97 Å². The van der Waals surface area contributed by atoms with Gasteiger partial charge in [-0.15, -0.1) is 0 Å². The maximum Gasteiger partial charge on any atom is 0.310 e. The van der Waals surface area contributed by atoms with Gasteiger partial charge in [0.25, 0.3) is 0 Å². The lowest BCUT2D eigenvalue weighted by Crippen LogP contribution is -2.35. The minimum absolute atomic E-state index is 0.316. The van der Waals surface area contributed by atoms with Crippen molar-refractivity contribution < 1.29 is 14.7 Å². The lowest BCUT2D eigenvalue weighted by molar-refractivity contribution is -0.148. The van der Waals surface area contributed by atoms with Crippen LogP contribution in [0.1, 0.15) is 20.8 Å². The second-order valence-electron chi connectivity index (χ2n) is 2.94. The number of rotatable bonds is 5. The molecule has 0 radical (unpaired) electrons. The van der Waals surface area contributed by atoms with Gasteiger partial charge < -0.3 is 9.94 Å². The summed E-state index contributed by atoms with van der Waals surface area (Å²) >= 11 is 0. The number of carbonyl (C=O) groups is 1. The van der Waals surface area contributed by atoms with Crippen LogP contribution in [0.3, 0.4) is 0 Å². The van der Waals surface area contributed by atoms with Crippen LogP contribution < -0.4 is 5.48 Å². The van der Waals surface area contributed by atoms with Crippen LogP contribution in [0.5, 0.6) is 0 Å². The molecule has 11 heavy (non-hydrogen) atoms. The largest absolute Gasteiger partial charge is 0.481 e. The molecule has 2 N–H and O–H groups in total. The van der Waals surface area contributed by atoms with E-state index in [4.69, 9.17) is 9.94 Å². The molecule has 0 saturated heterocycles. The van der Waals surface area contributed by atoms with E-state index in [0.717, 1.165) is 0 Å². The normalized spacial score (nSPS) is 11.5. The summed E-state index contributed by atoms with van der Waals surface area (Å²) in [5.41, 5.74) is 1.81. The Balaban J connectivity index is 3.64. The number of hydrogen-bond donors (Lipinski definition) is 2. The van der Waals surface area contributed by atoms with E-state index in [1.54, 1.807) is 13.8 Å². The zero-order valence-corrected chi connectivity index (χ0v) is 7.18. The Hall–Kier alpha value is -0.610. The van der Waals surface area contributed by atoms with Gasteiger partial charge in [0.15, 0.2) is 0 Å². The summed E-state index contributed by atoms with van der Waals surface area (Å²) in [5.74, 6) is -0.829. The standard InChI is InChI=1S/C7H15NO3/c1-4-11-8-5-7(2,3)6(9)10/h8H,4-5H2,1-3H3,(H,9,10). The van der Waals surface area contributed by atoms with E-state index in [1.165, 1.54) is 0 Å². The van der Waals surface area contributed by atoms with Gasteiger partial charge in [0.05, 0.1) is 12.0 Å². The van der Waals surface area contributed by atoms with Crippen LogP contribution in [0.25, 0.3) is 0 Å². The van der Waals surface area contributed by atoms with E-state index in [-0.39, 0.29) is 0 Å². The molecule has 0 aromatic carbocycles. The van der Waals surface area contributed by atoms with E-state index in [1.807, 2.05) is 6.92 Å². The molecule has 0 aromatic heterocycles. The zero-order chi connectivity index (χ0) is 8.91. The molecule has 0 saturated carbocycles. The highest BCUT2D eigenvalue weighted by Crippen LogP contribution is 2.12. The fraction of sp³-hybridized carbons (Fsp3) is 0.857. The second kappa shape index (κ2) is 4.31. The molecule has 4 nitrogen and oxygen atoms in total. The Kier molecular flexibility index (Phi) is 4.07. The predicted molar refractivity (Wildman–Crippen MR) is 41.0 cm³/mol. The number of carboxylic acids is 1. The van der Waals surface area contributed by atoms with Gasteiger partial charge in [-0.1, -0.05) is 0 Å². The summed E-state index contributed by atoms with van der Waals surface area (Å²) in [4.78, 5) is 15.3. The van der Waals surface area contributed by atoms with Crippen molar-refractivity contribution in [3.63, 3.8) is 0 Å². The first-order chi connectivity index (χ1) is 5.00. The third kappa shape index (κ3) is 3.95. The van der Waals surface area contributed by atoms with Gasteiger partial charge in [-0.2, -0.15) is 0 Å². The number of aliphatic carboxylic acids is 1. The highest BCUT2D eigenvalue weighted by atomic mass is 16.6. The molecule has 0 heterocycles. The lowest BCUT2D eigenvalue weighted by Gasteiger charge is -2.18. The minimum atomic E-state index is -0.829. The van der Waals surface area contributed by atoms with Crippen LogP contribution in [0.15, 0.2) is 0 Å². The first kappa shape index (κ1) is 10.4. The average molecular weight is 161 g/mol. The molecule has 0 unspecified atom stereocenters. The van der Waals surface area contributed by atoms with Gasteiger partial charge in [-0.25, -0.2) is 5.48 Å². The van der Waals surface area contributed by atoms with Crippen molar-refractivity contribution in [3.05, 3.63) is 0 Å². The highest BCUT2D eigenvalue weighted by molar-refractivity contribution is 5.73. The molecular formula is C7H15NO3. The summed E-state index contributed by atoms with van der Waals surface area (Å²) in [6.07, 6.45) is 0. The van der Waals surface area contributed by atoms with Crippen molar-refractivity contribution >= 4 is 5.97 Å². The first-order valence-corrected chi connectivity index (χ1v) is 3.58. The Morgan fingerprint density at radius 3 is 2.55 bits per heavy atom. The molecule has 4 heteroatoms. The van der Waals surface area contributed by atoms with E-state index in [9.17, 15) is 4.79 Å². The van der Waals surface area contributed by atoms with Gasteiger partial charge in [-0.05, 0) is 20.8 Å². The Bertz CT molecular complexity index is 134. The Labute approximate surface area is 66.5 Å². The quantitative estimate of drug-likeness (QED) is 0.459. The summed E-state index contributed by atoms with van der Waals surface area (Å²) in [7, 11) is 0. The fourth-order valence-corrected chi connectivity index (χ4v) is 0.409. The molecule has 0 aromatic rings. The summed E-state index contributed by atoms with van der Waals surface area (Å²) in [6, 6.07) is 0. The van der Waals surface area contributed by atoms with E-state index in [0.29, 0.717) is 13.2 Å². The van der Waals surface area contributed by atoms with E-state index < -0.39 is 11.4 Å². The monoisotopic (exact) mass is 161 g/mol. The lowest BCUT2D eigenvalue weighted by atomic mass is 9.94. The molecular weight excluding hydrogens is 146 g/mol. The first-order valence-electron chi connectivity index (χ1n) is 3.58. The Morgan fingerprint density at radius 2 is 2.18 bits per heavy atom. The van der Waals surface area contributed by atoms with Crippen molar-refractivity contribution in [3.8, 4) is 0 Å². The third-order valence-corrected chi connectivity index (χ3v) is 1.34. The van der Waals surface area contributed by atoms with Gasteiger partial charge in [0.2, 0.25) is 0 Å². The number of nitrogens with one attached hydrogen (secondary N) is 1. The van der Waals surface area contributed by atoms with Crippen molar-refractivity contribution in [1.82, 2.24) is 5.48 Å². The summed E-state index contributed by atoms with van der Waals surface area (Å²) < 4.78 is 0. The number of carboxylic acid groups (broad SMARTS) is 1. The molecule has 0 amide bonds. The van der Waals surface area contributed by atoms with Crippen molar-refractivity contribution in [2.75, 3.05) is 13.2 Å². The molecule has 66 valence electrons. The van der Waals surface area contributed by atoms with Crippen molar-refractivity contribution in [2.24, 2.45) is 5.41 Å². The second-order valence-corrected chi connectivity index (χ2v) is 2.94. The fourth-order valence-electron chi connectivity index (χ4n) is 0.409. The molecule has 0 aliphatic heterocycles. The van der Waals surface area contributed by atoms with Gasteiger partial charge in [0, 0.05) is 6.54 Å². The van der Waals surface area contributed by atoms with Gasteiger partial charge in [0.1, 0.15) is 0 Å². The van der Waals surface area contributed by atoms with Crippen LogP contribution >= 0.6 is 0 Å². The van der Waals surface area contributed by atoms with Crippen LogP contribution in [-0.2, 0) is 9.63 Å². The summed E-state index contributed by atoms with van der Waals surface area (Å²) in [6.45, 7) is 5.97. The van der Waals surface area contributed by atoms with Gasteiger partial charge in [-0.3, -0.25) is 4.79 Å². The highest BCUT2D eigenvalue weighted by Gasteiger charge is 2.26. The van der Waals surface area contributed by atoms with E-state index >= 15 is 0 Å².